The van der Waals surface area contributed by atoms with E-state index in [1.54, 1.807) is 7.11 Å². The number of esters is 1. The van der Waals surface area contributed by atoms with E-state index < -0.39 is 12.1 Å². The normalized spacial score (nSPS) is 16.9. The first-order valence-electron chi connectivity index (χ1n) is 10.6. The van der Waals surface area contributed by atoms with Gasteiger partial charge in [-0.3, -0.25) is 0 Å². The molecule has 4 nitrogen and oxygen atoms in total. The van der Waals surface area contributed by atoms with Gasteiger partial charge in [-0.15, -0.1) is 0 Å². The van der Waals surface area contributed by atoms with Gasteiger partial charge >= 0.3 is 5.97 Å². The molecule has 33 heavy (non-hydrogen) atoms. The van der Waals surface area contributed by atoms with E-state index in [0.29, 0.717) is 5.76 Å². The number of carbonyl (C=O) groups is 1. The van der Waals surface area contributed by atoms with E-state index >= 15 is 0 Å². The monoisotopic (exact) mass is 436 g/mol. The molecule has 164 valence electrons. The Labute approximate surface area is 194 Å². The second-order valence-corrected chi connectivity index (χ2v) is 7.53. The summed E-state index contributed by atoms with van der Waals surface area (Å²) in [7, 11) is 2.96. The third-order valence-electron chi connectivity index (χ3n) is 5.52. The highest BCUT2D eigenvalue weighted by Crippen LogP contribution is 2.45. The first kappa shape index (κ1) is 22.0. The minimum Gasteiger partial charge on any atom is -0.497 e. The van der Waals surface area contributed by atoms with Crippen LogP contribution in [0.15, 0.2) is 103 Å². The van der Waals surface area contributed by atoms with E-state index in [1.807, 2.05) is 84.9 Å². The Hall–Kier alpha value is -4.23. The third-order valence-corrected chi connectivity index (χ3v) is 5.52. The van der Waals surface area contributed by atoms with Crippen molar-refractivity contribution in [2.24, 2.45) is 0 Å². The predicted octanol–water partition coefficient (Wildman–Crippen LogP) is 5.37. The van der Waals surface area contributed by atoms with Crippen LogP contribution >= 0.6 is 0 Å². The first-order chi connectivity index (χ1) is 16.1. The maximum Gasteiger partial charge on any atom is 0.336 e. The van der Waals surface area contributed by atoms with Gasteiger partial charge < -0.3 is 14.2 Å². The van der Waals surface area contributed by atoms with Gasteiger partial charge in [-0.1, -0.05) is 79.1 Å². The van der Waals surface area contributed by atoms with Crippen molar-refractivity contribution >= 4 is 11.7 Å². The van der Waals surface area contributed by atoms with Crippen molar-refractivity contribution < 1.29 is 19.0 Å². The van der Waals surface area contributed by atoms with Crippen LogP contribution in [0.2, 0.25) is 0 Å². The number of ether oxygens (including phenoxy) is 3. The molecule has 0 spiro atoms. The number of rotatable bonds is 5. The fourth-order valence-corrected chi connectivity index (χ4v) is 3.83. The lowest BCUT2D eigenvalue weighted by Gasteiger charge is -2.21. The maximum absolute atomic E-state index is 12.4. The molecule has 3 aromatic carbocycles. The van der Waals surface area contributed by atoms with Gasteiger partial charge in [0.15, 0.2) is 0 Å². The summed E-state index contributed by atoms with van der Waals surface area (Å²) in [6.07, 6.45) is -0.652. The highest BCUT2D eigenvalue weighted by Gasteiger charge is 2.41. The minimum absolute atomic E-state index is 0.239. The van der Waals surface area contributed by atoms with Gasteiger partial charge in [-0.05, 0) is 29.8 Å². The van der Waals surface area contributed by atoms with Gasteiger partial charge in [0.25, 0.3) is 0 Å². The summed E-state index contributed by atoms with van der Waals surface area (Å²) in [6.45, 7) is 4.00. The predicted molar refractivity (Wildman–Crippen MR) is 128 cm³/mol. The number of carbonyl (C=O) groups excluding carboxylic acids is 1. The molecule has 0 aliphatic carbocycles. The lowest BCUT2D eigenvalue weighted by atomic mass is 9.84. The van der Waals surface area contributed by atoms with Gasteiger partial charge in [0.2, 0.25) is 0 Å². The SMILES string of the molecule is C=C(C(=O)OC)[C@H]1OC(c2ccccc2)=C(C#Cc2ccccc2)[C@@H]1c1ccc(OC)cc1. The van der Waals surface area contributed by atoms with Crippen LogP contribution in [0.1, 0.15) is 22.6 Å². The Kier molecular flexibility index (Phi) is 6.61. The van der Waals surface area contributed by atoms with Crippen molar-refractivity contribution in [2.75, 3.05) is 14.2 Å². The standard InChI is InChI=1S/C29H24O4/c1-20(29(30)32-3)27-26(22-15-17-24(31-2)18-16-22)25(19-14-21-10-6-4-7-11-21)28(33-27)23-12-8-5-9-13-23/h4-13,15-18,26-27H,1H2,2-3H3/t26-,27+/m0/s1. The molecule has 0 saturated carbocycles. The Morgan fingerprint density at radius 1 is 0.879 bits per heavy atom. The summed E-state index contributed by atoms with van der Waals surface area (Å²) in [5, 5.41) is 0. The van der Waals surface area contributed by atoms with E-state index in [-0.39, 0.29) is 11.5 Å². The Morgan fingerprint density at radius 2 is 1.52 bits per heavy atom. The molecule has 1 heterocycles. The highest BCUT2D eigenvalue weighted by molar-refractivity contribution is 5.90. The van der Waals surface area contributed by atoms with Crippen molar-refractivity contribution in [1.82, 2.24) is 0 Å². The molecular formula is C29H24O4. The molecule has 0 fully saturated rings. The Balaban J connectivity index is 1.89. The van der Waals surface area contributed by atoms with Crippen LogP contribution in [-0.4, -0.2) is 26.3 Å². The summed E-state index contributed by atoms with van der Waals surface area (Å²) in [4.78, 5) is 12.4. The van der Waals surface area contributed by atoms with Crippen LogP contribution in [-0.2, 0) is 14.3 Å². The smallest absolute Gasteiger partial charge is 0.336 e. The van der Waals surface area contributed by atoms with Crippen LogP contribution in [0.3, 0.4) is 0 Å². The quantitative estimate of drug-likeness (QED) is 0.306. The number of methoxy groups -OCH3 is 2. The zero-order chi connectivity index (χ0) is 23.2. The largest absolute Gasteiger partial charge is 0.497 e. The molecule has 0 radical (unpaired) electrons. The summed E-state index contributed by atoms with van der Waals surface area (Å²) >= 11 is 0. The Morgan fingerprint density at radius 3 is 2.12 bits per heavy atom. The zero-order valence-corrected chi connectivity index (χ0v) is 18.6. The van der Waals surface area contributed by atoms with Gasteiger partial charge in [-0.25, -0.2) is 4.79 Å². The van der Waals surface area contributed by atoms with E-state index in [9.17, 15) is 4.79 Å². The van der Waals surface area contributed by atoms with Crippen molar-refractivity contribution in [3.05, 3.63) is 119 Å². The molecule has 0 bridgehead atoms. The lowest BCUT2D eigenvalue weighted by molar-refractivity contribution is -0.137. The van der Waals surface area contributed by atoms with E-state index in [0.717, 1.165) is 28.0 Å². The second kappa shape index (κ2) is 9.93. The van der Waals surface area contributed by atoms with Gasteiger partial charge in [-0.2, -0.15) is 0 Å². The van der Waals surface area contributed by atoms with E-state index in [1.165, 1.54) is 7.11 Å². The van der Waals surface area contributed by atoms with Crippen molar-refractivity contribution in [3.63, 3.8) is 0 Å². The molecular weight excluding hydrogens is 412 g/mol. The van der Waals surface area contributed by atoms with Gasteiger partial charge in [0, 0.05) is 11.1 Å². The number of benzene rings is 3. The van der Waals surface area contributed by atoms with Gasteiger partial charge in [0.1, 0.15) is 17.6 Å². The Bertz CT molecular complexity index is 1230. The molecule has 4 rings (SSSR count). The third kappa shape index (κ3) is 4.68. The van der Waals surface area contributed by atoms with Crippen molar-refractivity contribution in [1.29, 1.82) is 0 Å². The van der Waals surface area contributed by atoms with Crippen LogP contribution in [0.25, 0.3) is 5.76 Å². The summed E-state index contributed by atoms with van der Waals surface area (Å²) in [6, 6.07) is 27.2. The second-order valence-electron chi connectivity index (χ2n) is 7.53. The molecule has 0 N–H and O–H groups in total. The number of hydrogen-bond donors (Lipinski definition) is 0. The topological polar surface area (TPSA) is 44.8 Å². The number of hydrogen-bond acceptors (Lipinski definition) is 4. The van der Waals surface area contributed by atoms with Crippen LogP contribution < -0.4 is 4.74 Å². The summed E-state index contributed by atoms with van der Waals surface area (Å²) in [5.74, 6) is 7.12. The average Bonchev–Trinajstić information content (AvgIpc) is 3.27. The fourth-order valence-electron chi connectivity index (χ4n) is 3.83. The van der Waals surface area contributed by atoms with Crippen LogP contribution in [0.4, 0.5) is 0 Å². The molecule has 1 aliphatic heterocycles. The molecule has 0 aromatic heterocycles. The highest BCUT2D eigenvalue weighted by atomic mass is 16.5. The summed E-state index contributed by atoms with van der Waals surface area (Å²) in [5.41, 5.74) is 3.73. The molecule has 0 amide bonds. The van der Waals surface area contributed by atoms with Crippen molar-refractivity contribution in [3.8, 4) is 17.6 Å². The van der Waals surface area contributed by atoms with Crippen LogP contribution in [0, 0.1) is 11.8 Å². The first-order valence-corrected chi connectivity index (χ1v) is 10.6. The minimum atomic E-state index is -0.652. The van der Waals surface area contributed by atoms with Gasteiger partial charge in [0.05, 0.1) is 31.3 Å². The molecule has 0 saturated heterocycles. The zero-order valence-electron chi connectivity index (χ0n) is 18.6. The average molecular weight is 437 g/mol. The fraction of sp³-hybridized carbons (Fsp3) is 0.138. The van der Waals surface area contributed by atoms with Crippen LogP contribution in [0.5, 0.6) is 5.75 Å². The van der Waals surface area contributed by atoms with E-state index in [2.05, 4.69) is 18.4 Å². The molecule has 0 unspecified atom stereocenters. The maximum atomic E-state index is 12.4. The molecule has 4 heteroatoms. The molecule has 1 aliphatic rings. The van der Waals surface area contributed by atoms with Crippen molar-refractivity contribution in [2.45, 2.75) is 12.0 Å². The molecule has 2 atom stereocenters. The molecule has 3 aromatic rings. The lowest BCUT2D eigenvalue weighted by Crippen LogP contribution is -2.24. The van der Waals surface area contributed by atoms with E-state index in [4.69, 9.17) is 14.2 Å². The summed E-state index contributed by atoms with van der Waals surface area (Å²) < 4.78 is 16.7.